The fourth-order valence-electron chi connectivity index (χ4n) is 1.92. The van der Waals surface area contributed by atoms with Crippen LogP contribution in [-0.2, 0) is 0 Å². The number of aryl methyl sites for hydroxylation is 2. The van der Waals surface area contributed by atoms with E-state index in [-0.39, 0.29) is 22.8 Å². The Morgan fingerprint density at radius 3 is 2.67 bits per heavy atom. The molecule has 0 aliphatic carbocycles. The minimum atomic E-state index is -1.17. The summed E-state index contributed by atoms with van der Waals surface area (Å²) in [7, 11) is 0. The molecule has 0 unspecified atom stereocenters. The summed E-state index contributed by atoms with van der Waals surface area (Å²) >= 11 is 0. The number of rotatable bonds is 4. The van der Waals surface area contributed by atoms with Crippen molar-refractivity contribution in [3.8, 4) is 11.6 Å². The zero-order valence-electron chi connectivity index (χ0n) is 11.5. The number of pyridine rings is 2. The maximum atomic E-state index is 11.5. The molecule has 0 radical (unpaired) electrons. The largest absolute Gasteiger partial charge is 0.478 e. The summed E-state index contributed by atoms with van der Waals surface area (Å²) < 4.78 is 5.47. The van der Waals surface area contributed by atoms with Crippen LogP contribution < -0.4 is 10.5 Å². The van der Waals surface area contributed by atoms with Crippen molar-refractivity contribution in [2.45, 2.75) is 13.8 Å². The molecule has 2 aromatic rings. The molecule has 0 aliphatic heterocycles. The van der Waals surface area contributed by atoms with E-state index in [0.717, 1.165) is 0 Å². The molecule has 2 aromatic heterocycles. The van der Waals surface area contributed by atoms with E-state index in [1.54, 1.807) is 19.9 Å². The first kappa shape index (κ1) is 14.4. The lowest BCUT2D eigenvalue weighted by atomic mass is 10.1. The first-order valence-electron chi connectivity index (χ1n) is 6.03. The Labute approximate surface area is 120 Å². The van der Waals surface area contributed by atoms with Gasteiger partial charge in [0.05, 0.1) is 6.20 Å². The van der Waals surface area contributed by atoms with Crippen LogP contribution in [0.3, 0.4) is 0 Å². The molecule has 3 N–H and O–H groups in total. The molecule has 108 valence electrons. The predicted molar refractivity (Wildman–Crippen MR) is 73.5 cm³/mol. The standard InChI is InChI=1S/C14H13N3O4/c1-7-5-8(2)17-13(11(7)12(15)18)21-10-6-16-4-3-9(10)14(19)20/h3-6H,1-2H3,(H2,15,18)(H,19,20). The number of carbonyl (C=O) groups excluding carboxylic acids is 1. The van der Waals surface area contributed by atoms with Gasteiger partial charge in [-0.1, -0.05) is 0 Å². The van der Waals surface area contributed by atoms with E-state index in [1.165, 1.54) is 18.5 Å². The van der Waals surface area contributed by atoms with E-state index in [1.807, 2.05) is 0 Å². The number of carbonyl (C=O) groups is 2. The molecular weight excluding hydrogens is 274 g/mol. The second kappa shape index (κ2) is 5.58. The number of carboxylic acids is 1. The number of aromatic carboxylic acids is 1. The van der Waals surface area contributed by atoms with Gasteiger partial charge in [0.25, 0.3) is 5.91 Å². The van der Waals surface area contributed by atoms with Crippen molar-refractivity contribution < 1.29 is 19.4 Å². The number of hydrogen-bond acceptors (Lipinski definition) is 5. The van der Waals surface area contributed by atoms with Crippen molar-refractivity contribution >= 4 is 11.9 Å². The lowest BCUT2D eigenvalue weighted by molar-refractivity contribution is 0.0694. The number of amides is 1. The fraction of sp³-hybridized carbons (Fsp3) is 0.143. The molecular formula is C14H13N3O4. The van der Waals surface area contributed by atoms with Crippen LogP contribution >= 0.6 is 0 Å². The topological polar surface area (TPSA) is 115 Å². The van der Waals surface area contributed by atoms with Gasteiger partial charge in [0, 0.05) is 11.9 Å². The Hall–Kier alpha value is -2.96. The van der Waals surface area contributed by atoms with E-state index >= 15 is 0 Å². The molecule has 0 saturated carbocycles. The highest BCUT2D eigenvalue weighted by Gasteiger charge is 2.19. The summed E-state index contributed by atoms with van der Waals surface area (Å²) in [5, 5.41) is 9.11. The summed E-state index contributed by atoms with van der Waals surface area (Å²) in [4.78, 5) is 30.6. The monoisotopic (exact) mass is 287 g/mol. The van der Waals surface area contributed by atoms with Gasteiger partial charge < -0.3 is 15.6 Å². The summed E-state index contributed by atoms with van der Waals surface area (Å²) in [6.07, 6.45) is 2.58. The quantitative estimate of drug-likeness (QED) is 0.883. The van der Waals surface area contributed by atoms with Gasteiger partial charge in [-0.25, -0.2) is 9.78 Å². The number of ether oxygens (including phenoxy) is 1. The Morgan fingerprint density at radius 1 is 1.33 bits per heavy atom. The highest BCUT2D eigenvalue weighted by molar-refractivity contribution is 5.97. The summed E-state index contributed by atoms with van der Waals surface area (Å²) in [5.41, 5.74) is 6.58. The van der Waals surface area contributed by atoms with Gasteiger partial charge >= 0.3 is 5.97 Å². The molecule has 1 amide bonds. The van der Waals surface area contributed by atoms with Crippen molar-refractivity contribution in [1.29, 1.82) is 0 Å². The molecule has 0 aromatic carbocycles. The molecule has 2 heterocycles. The Balaban J connectivity index is 2.54. The molecule has 21 heavy (non-hydrogen) atoms. The predicted octanol–water partition coefficient (Wildman–Crippen LogP) is 1.68. The maximum absolute atomic E-state index is 11.5. The van der Waals surface area contributed by atoms with Crippen molar-refractivity contribution in [2.75, 3.05) is 0 Å². The maximum Gasteiger partial charge on any atom is 0.339 e. The van der Waals surface area contributed by atoms with E-state index < -0.39 is 11.9 Å². The summed E-state index contributed by atoms with van der Waals surface area (Å²) in [5.74, 6) is -1.91. The second-order valence-corrected chi connectivity index (χ2v) is 4.40. The third kappa shape index (κ3) is 2.97. The molecule has 0 saturated heterocycles. The molecule has 2 rings (SSSR count). The van der Waals surface area contributed by atoms with Crippen LogP contribution in [-0.4, -0.2) is 27.0 Å². The highest BCUT2D eigenvalue weighted by Crippen LogP contribution is 2.28. The SMILES string of the molecule is Cc1cc(C)c(C(N)=O)c(Oc2cnccc2C(=O)O)n1. The second-order valence-electron chi connectivity index (χ2n) is 4.40. The molecule has 0 aliphatic rings. The molecule has 7 heteroatoms. The normalized spacial score (nSPS) is 10.2. The molecule has 0 atom stereocenters. The average Bonchev–Trinajstić information content (AvgIpc) is 2.37. The Bertz CT molecular complexity index is 728. The van der Waals surface area contributed by atoms with E-state index in [4.69, 9.17) is 15.6 Å². The van der Waals surface area contributed by atoms with Gasteiger partial charge in [0.15, 0.2) is 5.75 Å². The van der Waals surface area contributed by atoms with Crippen molar-refractivity contribution in [1.82, 2.24) is 9.97 Å². The Kier molecular flexibility index (Phi) is 3.84. The van der Waals surface area contributed by atoms with E-state index in [2.05, 4.69) is 9.97 Å². The smallest absolute Gasteiger partial charge is 0.339 e. The van der Waals surface area contributed by atoms with Gasteiger partial charge in [0.2, 0.25) is 5.88 Å². The van der Waals surface area contributed by atoms with Crippen LogP contribution in [0.2, 0.25) is 0 Å². The van der Waals surface area contributed by atoms with Gasteiger partial charge in [-0.2, -0.15) is 0 Å². The third-order valence-electron chi connectivity index (χ3n) is 2.78. The fourth-order valence-corrected chi connectivity index (χ4v) is 1.92. The lowest BCUT2D eigenvalue weighted by Crippen LogP contribution is -2.15. The van der Waals surface area contributed by atoms with Crippen LogP contribution in [0, 0.1) is 13.8 Å². The van der Waals surface area contributed by atoms with Crippen molar-refractivity contribution in [3.05, 3.63) is 46.9 Å². The van der Waals surface area contributed by atoms with E-state index in [9.17, 15) is 9.59 Å². The van der Waals surface area contributed by atoms with Crippen LogP contribution in [0.25, 0.3) is 0 Å². The molecule has 7 nitrogen and oxygen atoms in total. The van der Waals surface area contributed by atoms with Crippen molar-refractivity contribution in [3.63, 3.8) is 0 Å². The average molecular weight is 287 g/mol. The summed E-state index contributed by atoms with van der Waals surface area (Å²) in [6.45, 7) is 3.43. The zero-order chi connectivity index (χ0) is 15.6. The van der Waals surface area contributed by atoms with E-state index in [0.29, 0.717) is 11.3 Å². The third-order valence-corrected chi connectivity index (χ3v) is 2.78. The minimum absolute atomic E-state index is 0.00926. The van der Waals surface area contributed by atoms with Crippen LogP contribution in [0.15, 0.2) is 24.5 Å². The van der Waals surface area contributed by atoms with Gasteiger partial charge in [-0.05, 0) is 31.5 Å². The highest BCUT2D eigenvalue weighted by atomic mass is 16.5. The number of primary amides is 1. The number of carboxylic acid groups (broad SMARTS) is 1. The zero-order valence-corrected chi connectivity index (χ0v) is 11.5. The number of nitrogens with zero attached hydrogens (tertiary/aromatic N) is 2. The molecule has 0 fully saturated rings. The Morgan fingerprint density at radius 2 is 2.05 bits per heavy atom. The molecule has 0 spiro atoms. The van der Waals surface area contributed by atoms with Crippen LogP contribution in [0.4, 0.5) is 0 Å². The van der Waals surface area contributed by atoms with Gasteiger partial charge in [-0.15, -0.1) is 0 Å². The number of hydrogen-bond donors (Lipinski definition) is 2. The van der Waals surface area contributed by atoms with Crippen LogP contribution in [0.5, 0.6) is 11.6 Å². The van der Waals surface area contributed by atoms with Gasteiger partial charge in [0.1, 0.15) is 11.1 Å². The summed E-state index contributed by atoms with van der Waals surface area (Å²) in [6, 6.07) is 2.98. The lowest BCUT2D eigenvalue weighted by Gasteiger charge is -2.12. The van der Waals surface area contributed by atoms with Crippen LogP contribution in [0.1, 0.15) is 32.0 Å². The van der Waals surface area contributed by atoms with Gasteiger partial charge in [-0.3, -0.25) is 9.78 Å². The van der Waals surface area contributed by atoms with Crippen molar-refractivity contribution in [2.24, 2.45) is 5.73 Å². The molecule has 0 bridgehead atoms. The first-order chi connectivity index (χ1) is 9.90. The first-order valence-corrected chi connectivity index (χ1v) is 6.03. The number of nitrogens with two attached hydrogens (primary N) is 1. The minimum Gasteiger partial charge on any atom is -0.478 e. The number of aromatic nitrogens is 2.